The van der Waals surface area contributed by atoms with Gasteiger partial charge in [0.2, 0.25) is 0 Å². The van der Waals surface area contributed by atoms with Crippen molar-refractivity contribution >= 4 is 45.9 Å². The van der Waals surface area contributed by atoms with Crippen molar-refractivity contribution < 1.29 is 9.53 Å². The van der Waals surface area contributed by atoms with E-state index in [1.54, 1.807) is 0 Å². The monoisotopic (exact) mass is 478 g/mol. The fraction of sp³-hybridized carbons (Fsp3) is 0.281. The normalized spacial score (nSPS) is 16.2. The van der Waals surface area contributed by atoms with Crippen LogP contribution in [0.5, 0.6) is 0 Å². The third kappa shape index (κ3) is 4.01. The van der Waals surface area contributed by atoms with Gasteiger partial charge in [0.1, 0.15) is 11.7 Å². The van der Waals surface area contributed by atoms with Crippen LogP contribution in [0.1, 0.15) is 68.0 Å². The van der Waals surface area contributed by atoms with Gasteiger partial charge in [0.15, 0.2) is 0 Å². The first-order valence-electron chi connectivity index (χ1n) is 13.0. The summed E-state index contributed by atoms with van der Waals surface area (Å²) in [5.74, 6) is -0.00624. The molecule has 0 spiro atoms. The molecule has 4 aromatic rings. The van der Waals surface area contributed by atoms with Crippen molar-refractivity contribution in [1.29, 1.82) is 0 Å². The molecule has 0 saturated carbocycles. The second kappa shape index (κ2) is 10.1. The van der Waals surface area contributed by atoms with Crippen molar-refractivity contribution in [2.45, 2.75) is 59.3 Å². The molecule has 184 valence electrons. The standard InChI is InChI=1S/C32H34N2O2/c1-5-7-13-19-33-22(3)30(24-15-9-11-17-27(24)33)26-21-29(36-32(26)35)31-23(4)34(20-14-8-6-2)28-18-12-10-16-25(28)31/h9-21,26H,5-8H2,1-4H3. The second-order valence-corrected chi connectivity index (χ2v) is 9.51. The number of nitrogens with zero attached hydrogens (tertiary/aromatic N) is 2. The van der Waals surface area contributed by atoms with Crippen molar-refractivity contribution in [1.82, 2.24) is 9.13 Å². The molecule has 5 rings (SSSR count). The molecule has 2 aromatic carbocycles. The minimum absolute atomic E-state index is 0.216. The maximum absolute atomic E-state index is 13.4. The molecule has 0 bridgehead atoms. The lowest BCUT2D eigenvalue weighted by atomic mass is 9.95. The lowest BCUT2D eigenvalue weighted by molar-refractivity contribution is -0.135. The van der Waals surface area contributed by atoms with Crippen LogP contribution in [0.4, 0.5) is 0 Å². The number of carbonyl (C=O) groups is 1. The van der Waals surface area contributed by atoms with E-state index in [0.717, 1.165) is 70.0 Å². The van der Waals surface area contributed by atoms with E-state index in [0.29, 0.717) is 5.76 Å². The molecule has 0 fully saturated rings. The third-order valence-corrected chi connectivity index (χ3v) is 7.12. The summed E-state index contributed by atoms with van der Waals surface area (Å²) in [4.78, 5) is 13.4. The van der Waals surface area contributed by atoms with Gasteiger partial charge in [-0.15, -0.1) is 0 Å². The predicted octanol–water partition coefficient (Wildman–Crippen LogP) is 8.44. The Bertz CT molecular complexity index is 1530. The average Bonchev–Trinajstić information content (AvgIpc) is 3.48. The number of fused-ring (bicyclic) bond motifs is 2. The number of aromatic nitrogens is 2. The summed E-state index contributed by atoms with van der Waals surface area (Å²) < 4.78 is 10.4. The smallest absolute Gasteiger partial charge is 0.322 e. The fourth-order valence-electron chi connectivity index (χ4n) is 5.35. The van der Waals surface area contributed by atoms with E-state index in [1.165, 1.54) is 0 Å². The van der Waals surface area contributed by atoms with Crippen molar-refractivity contribution in [3.05, 3.63) is 89.3 Å². The summed E-state index contributed by atoms with van der Waals surface area (Å²) >= 11 is 0. The summed E-state index contributed by atoms with van der Waals surface area (Å²) in [5, 5.41) is 2.19. The van der Waals surface area contributed by atoms with E-state index < -0.39 is 5.92 Å². The number of unbranched alkanes of at least 4 members (excludes halogenated alkanes) is 2. The van der Waals surface area contributed by atoms with Gasteiger partial charge in [-0.2, -0.15) is 0 Å². The second-order valence-electron chi connectivity index (χ2n) is 9.51. The number of esters is 1. The Morgan fingerprint density at radius 1 is 0.806 bits per heavy atom. The van der Waals surface area contributed by atoms with Crippen LogP contribution in [0.3, 0.4) is 0 Å². The van der Waals surface area contributed by atoms with Crippen LogP contribution < -0.4 is 0 Å². The van der Waals surface area contributed by atoms with Gasteiger partial charge >= 0.3 is 5.97 Å². The summed E-state index contributed by atoms with van der Waals surface area (Å²) in [6.45, 7) is 8.55. The molecule has 0 amide bonds. The molecule has 0 radical (unpaired) electrons. The lowest BCUT2D eigenvalue weighted by Crippen LogP contribution is -2.08. The number of cyclic esters (lactones) is 1. The first kappa shape index (κ1) is 23.9. The highest BCUT2D eigenvalue weighted by Crippen LogP contribution is 2.42. The van der Waals surface area contributed by atoms with E-state index in [1.807, 2.05) is 24.3 Å². The largest absolute Gasteiger partial charge is 0.425 e. The van der Waals surface area contributed by atoms with Crippen molar-refractivity contribution in [2.75, 3.05) is 0 Å². The number of allylic oxidation sites excluding steroid dienone is 2. The number of ether oxygens (including phenoxy) is 1. The molecule has 0 N–H and O–H groups in total. The third-order valence-electron chi connectivity index (χ3n) is 7.12. The summed E-state index contributed by atoms with van der Waals surface area (Å²) in [6, 6.07) is 16.6. The molecule has 0 saturated heterocycles. The van der Waals surface area contributed by atoms with Gasteiger partial charge < -0.3 is 13.9 Å². The van der Waals surface area contributed by atoms with Gasteiger partial charge in [-0.1, -0.05) is 75.2 Å². The zero-order valence-corrected chi connectivity index (χ0v) is 21.6. The maximum Gasteiger partial charge on any atom is 0.322 e. The van der Waals surface area contributed by atoms with Crippen LogP contribution in [-0.4, -0.2) is 15.1 Å². The van der Waals surface area contributed by atoms with Gasteiger partial charge in [0, 0.05) is 40.1 Å². The zero-order valence-electron chi connectivity index (χ0n) is 21.6. The quantitative estimate of drug-likeness (QED) is 0.238. The molecular formula is C32H34N2O2. The lowest BCUT2D eigenvalue weighted by Gasteiger charge is -2.06. The maximum atomic E-state index is 13.4. The number of para-hydroxylation sites is 2. The van der Waals surface area contributed by atoms with Gasteiger partial charge in [-0.05, 0) is 50.5 Å². The molecule has 36 heavy (non-hydrogen) atoms. The van der Waals surface area contributed by atoms with Gasteiger partial charge in [-0.25, -0.2) is 0 Å². The van der Waals surface area contributed by atoms with Crippen molar-refractivity contribution in [3.63, 3.8) is 0 Å². The Labute approximate surface area is 213 Å². The molecule has 1 unspecified atom stereocenters. The minimum atomic E-state index is -0.442. The molecule has 2 aromatic heterocycles. The number of hydrogen-bond donors (Lipinski definition) is 0. The predicted molar refractivity (Wildman–Crippen MR) is 151 cm³/mol. The number of benzene rings is 2. The molecule has 3 heterocycles. The first-order valence-corrected chi connectivity index (χ1v) is 13.0. The van der Waals surface area contributed by atoms with Crippen LogP contribution in [0.15, 0.2) is 66.8 Å². The summed E-state index contributed by atoms with van der Waals surface area (Å²) in [7, 11) is 0. The Kier molecular flexibility index (Phi) is 6.69. The Morgan fingerprint density at radius 2 is 1.36 bits per heavy atom. The van der Waals surface area contributed by atoms with E-state index in [-0.39, 0.29) is 5.97 Å². The highest BCUT2D eigenvalue weighted by Gasteiger charge is 2.35. The van der Waals surface area contributed by atoms with Gasteiger partial charge in [0.25, 0.3) is 0 Å². The van der Waals surface area contributed by atoms with Crippen LogP contribution in [0.2, 0.25) is 0 Å². The zero-order chi connectivity index (χ0) is 25.2. The van der Waals surface area contributed by atoms with E-state index in [9.17, 15) is 4.79 Å². The fourth-order valence-corrected chi connectivity index (χ4v) is 5.35. The minimum Gasteiger partial charge on any atom is -0.425 e. The molecular weight excluding hydrogens is 444 g/mol. The van der Waals surface area contributed by atoms with Gasteiger partial charge in [0.05, 0.1) is 11.0 Å². The average molecular weight is 479 g/mol. The number of rotatable bonds is 8. The topological polar surface area (TPSA) is 36.2 Å². The van der Waals surface area contributed by atoms with E-state index >= 15 is 0 Å². The highest BCUT2D eigenvalue weighted by atomic mass is 16.5. The number of carbonyl (C=O) groups excluding carboxylic acids is 1. The van der Waals surface area contributed by atoms with E-state index in [2.05, 4.69) is 91.7 Å². The molecule has 4 heteroatoms. The first-order chi connectivity index (χ1) is 17.6. The summed E-state index contributed by atoms with van der Waals surface area (Å²) in [5.41, 5.74) is 6.39. The van der Waals surface area contributed by atoms with Crippen molar-refractivity contribution in [2.24, 2.45) is 0 Å². The van der Waals surface area contributed by atoms with Crippen LogP contribution in [-0.2, 0) is 9.53 Å². The van der Waals surface area contributed by atoms with Crippen LogP contribution in [0, 0.1) is 13.8 Å². The molecule has 1 atom stereocenters. The molecule has 1 aliphatic rings. The highest BCUT2D eigenvalue weighted by molar-refractivity contribution is 6.03. The molecule has 0 aliphatic carbocycles. The molecule has 1 aliphatic heterocycles. The molecule has 4 nitrogen and oxygen atoms in total. The number of hydrogen-bond acceptors (Lipinski definition) is 2. The van der Waals surface area contributed by atoms with Gasteiger partial charge in [-0.3, -0.25) is 4.79 Å². The van der Waals surface area contributed by atoms with E-state index in [4.69, 9.17) is 4.74 Å². The van der Waals surface area contributed by atoms with Crippen molar-refractivity contribution in [3.8, 4) is 0 Å². The Morgan fingerprint density at radius 3 is 2.00 bits per heavy atom. The SMILES string of the molecule is CCCC=Cn1c(C)c(C2=CC(c3c(C)n(C=CCCC)c4ccccc34)C(=O)O2)c2ccccc21. The Hall–Kier alpha value is -3.79. The summed E-state index contributed by atoms with van der Waals surface area (Å²) in [6.07, 6.45) is 14.9. The van der Waals surface area contributed by atoms with Crippen LogP contribution in [0.25, 0.3) is 40.0 Å². The Balaban J connectivity index is 1.64. The van der Waals surface area contributed by atoms with Crippen LogP contribution >= 0.6 is 0 Å².